The molecule has 2 rings (SSSR count). The molecule has 0 spiro atoms. The monoisotopic (exact) mass is 475 g/mol. The molecule has 0 amide bonds. The lowest BCUT2D eigenvalue weighted by molar-refractivity contribution is -0.113. The third-order valence-corrected chi connectivity index (χ3v) is 5.78. The Morgan fingerprint density at radius 1 is 1.18 bits per heavy atom. The molecule has 5 nitrogen and oxygen atoms in total. The standard InChI is InChI=1S/C26H31ClFNO4/c1-7-22(15(2)3)29-14-20(16(4)30)26(31)19-12-18(23(32-5)13-24(19)33-6)11-17-9-8-10-21(27)25(17)28/h8-10,12-15,22,31H,7,11H2,1-6H3/t22-/m1/s1. The molecule has 2 aromatic carbocycles. The van der Waals surface area contributed by atoms with Gasteiger partial charge in [0.15, 0.2) is 5.78 Å². The Bertz CT molecular complexity index is 1060. The van der Waals surface area contributed by atoms with Crippen LogP contribution in [-0.4, -0.2) is 37.4 Å². The lowest BCUT2D eigenvalue weighted by Crippen LogP contribution is -2.13. The summed E-state index contributed by atoms with van der Waals surface area (Å²) in [4.78, 5) is 16.9. The molecule has 0 aliphatic carbocycles. The quantitative estimate of drug-likeness (QED) is 0.243. The van der Waals surface area contributed by atoms with Gasteiger partial charge in [0.2, 0.25) is 0 Å². The Balaban J connectivity index is 2.65. The number of aliphatic imine (C=N–C) groups is 1. The Hall–Kier alpha value is -2.86. The number of aliphatic hydroxyl groups is 1. The van der Waals surface area contributed by atoms with Crippen LogP contribution in [0.1, 0.15) is 50.8 Å². The van der Waals surface area contributed by atoms with Gasteiger partial charge in [-0.05, 0) is 42.5 Å². The maximum Gasteiger partial charge on any atom is 0.165 e. The maximum absolute atomic E-state index is 14.5. The molecule has 178 valence electrons. The van der Waals surface area contributed by atoms with E-state index in [9.17, 15) is 14.3 Å². The number of carbonyl (C=O) groups is 1. The van der Waals surface area contributed by atoms with Gasteiger partial charge in [-0.15, -0.1) is 0 Å². The molecule has 1 atom stereocenters. The molecule has 0 aliphatic heterocycles. The number of ether oxygens (including phenoxy) is 2. The summed E-state index contributed by atoms with van der Waals surface area (Å²) in [5.41, 5.74) is 1.31. The molecule has 0 heterocycles. The molecule has 0 radical (unpaired) electrons. The average Bonchev–Trinajstić information content (AvgIpc) is 2.78. The molecule has 7 heteroatoms. The van der Waals surface area contributed by atoms with Gasteiger partial charge in [-0.3, -0.25) is 9.79 Å². The number of ketones is 1. The van der Waals surface area contributed by atoms with Crippen molar-refractivity contribution in [1.82, 2.24) is 0 Å². The number of benzene rings is 2. The first-order valence-electron chi connectivity index (χ1n) is 10.8. The third kappa shape index (κ3) is 6.35. The van der Waals surface area contributed by atoms with E-state index in [-0.39, 0.29) is 46.1 Å². The number of methoxy groups -OCH3 is 2. The second kappa shape index (κ2) is 11.8. The lowest BCUT2D eigenvalue weighted by Gasteiger charge is -2.17. The normalized spacial score (nSPS) is 13.2. The Labute approximate surface area is 199 Å². The fraction of sp³-hybridized carbons (Fsp3) is 0.385. The minimum atomic E-state index is -0.519. The van der Waals surface area contributed by atoms with Crippen LogP contribution >= 0.6 is 11.6 Å². The molecule has 0 unspecified atom stereocenters. The summed E-state index contributed by atoms with van der Waals surface area (Å²) in [5, 5.41) is 11.1. The molecule has 0 saturated carbocycles. The highest BCUT2D eigenvalue weighted by molar-refractivity contribution is 6.30. The van der Waals surface area contributed by atoms with Crippen LogP contribution < -0.4 is 9.47 Å². The van der Waals surface area contributed by atoms with E-state index in [1.807, 2.05) is 6.92 Å². The maximum atomic E-state index is 14.5. The molecular weight excluding hydrogens is 445 g/mol. The highest BCUT2D eigenvalue weighted by Crippen LogP contribution is 2.35. The number of hydrogen-bond acceptors (Lipinski definition) is 5. The van der Waals surface area contributed by atoms with Gasteiger partial charge in [0, 0.05) is 18.7 Å². The highest BCUT2D eigenvalue weighted by Gasteiger charge is 2.20. The molecular formula is C26H31ClFNO4. The van der Waals surface area contributed by atoms with Crippen LogP contribution in [0.4, 0.5) is 4.39 Å². The van der Waals surface area contributed by atoms with Crippen LogP contribution in [0.15, 0.2) is 40.9 Å². The van der Waals surface area contributed by atoms with E-state index in [2.05, 4.69) is 18.8 Å². The molecule has 33 heavy (non-hydrogen) atoms. The number of carbonyl (C=O) groups excluding carboxylic acids is 1. The van der Waals surface area contributed by atoms with Crippen LogP contribution in [0.3, 0.4) is 0 Å². The molecule has 0 aromatic heterocycles. The molecule has 0 saturated heterocycles. The first-order valence-corrected chi connectivity index (χ1v) is 11.2. The smallest absolute Gasteiger partial charge is 0.165 e. The summed E-state index contributed by atoms with van der Waals surface area (Å²) in [5.74, 6) is -0.0766. The topological polar surface area (TPSA) is 68.1 Å². The predicted octanol–water partition coefficient (Wildman–Crippen LogP) is 6.45. The summed E-state index contributed by atoms with van der Waals surface area (Å²) in [6.45, 7) is 7.49. The summed E-state index contributed by atoms with van der Waals surface area (Å²) in [6, 6.07) is 8.02. The van der Waals surface area contributed by atoms with E-state index >= 15 is 0 Å². The highest BCUT2D eigenvalue weighted by atomic mass is 35.5. The number of rotatable bonds is 10. The van der Waals surface area contributed by atoms with Crippen LogP contribution in [0.25, 0.3) is 5.76 Å². The van der Waals surface area contributed by atoms with Crippen molar-refractivity contribution in [3.8, 4) is 11.5 Å². The third-order valence-electron chi connectivity index (χ3n) is 5.49. The molecule has 0 bridgehead atoms. The fourth-order valence-electron chi connectivity index (χ4n) is 3.56. The second-order valence-corrected chi connectivity index (χ2v) is 8.48. The van der Waals surface area contributed by atoms with Gasteiger partial charge in [-0.25, -0.2) is 4.39 Å². The van der Waals surface area contributed by atoms with Crippen LogP contribution in [-0.2, 0) is 11.2 Å². The van der Waals surface area contributed by atoms with Crippen molar-refractivity contribution in [1.29, 1.82) is 0 Å². The summed E-state index contributed by atoms with van der Waals surface area (Å²) in [6.07, 6.45) is 2.39. The fourth-order valence-corrected chi connectivity index (χ4v) is 3.76. The number of Topliss-reactive ketones (excluding diaryl/α,β-unsaturated/α-hetero) is 1. The van der Waals surface area contributed by atoms with Crippen LogP contribution in [0.5, 0.6) is 11.5 Å². The zero-order chi connectivity index (χ0) is 24.7. The van der Waals surface area contributed by atoms with E-state index < -0.39 is 5.82 Å². The van der Waals surface area contributed by atoms with Crippen LogP contribution in [0, 0.1) is 11.7 Å². The van der Waals surface area contributed by atoms with E-state index in [0.29, 0.717) is 22.6 Å². The van der Waals surface area contributed by atoms with Gasteiger partial charge < -0.3 is 14.6 Å². The van der Waals surface area contributed by atoms with Gasteiger partial charge in [-0.1, -0.05) is 44.5 Å². The molecule has 0 aliphatic rings. The Kier molecular flexibility index (Phi) is 9.47. The second-order valence-electron chi connectivity index (χ2n) is 8.07. The van der Waals surface area contributed by atoms with Crippen molar-refractivity contribution < 1.29 is 23.8 Å². The molecule has 1 N–H and O–H groups in total. The Morgan fingerprint density at radius 3 is 2.39 bits per heavy atom. The van der Waals surface area contributed by atoms with E-state index in [1.165, 1.54) is 33.4 Å². The van der Waals surface area contributed by atoms with Gasteiger partial charge in [0.1, 0.15) is 23.1 Å². The van der Waals surface area contributed by atoms with Crippen LogP contribution in [0.2, 0.25) is 5.02 Å². The van der Waals surface area contributed by atoms with Gasteiger partial charge >= 0.3 is 0 Å². The van der Waals surface area contributed by atoms with E-state index in [4.69, 9.17) is 21.1 Å². The SMILES string of the molecule is CC[C@@H](N=CC(C(C)=O)=C(O)c1cc(Cc2cccc(Cl)c2F)c(OC)cc1OC)C(C)C. The summed E-state index contributed by atoms with van der Waals surface area (Å²) in [7, 11) is 2.95. The number of nitrogens with zero attached hydrogens (tertiary/aromatic N) is 1. The van der Waals surface area contributed by atoms with Gasteiger partial charge in [0.25, 0.3) is 0 Å². The number of aliphatic hydroxyl groups excluding tert-OH is 1. The molecule has 0 fully saturated rings. The minimum absolute atomic E-state index is 0.0197. The molecule has 2 aromatic rings. The zero-order valence-corrected chi connectivity index (χ0v) is 20.7. The predicted molar refractivity (Wildman–Crippen MR) is 131 cm³/mol. The zero-order valence-electron chi connectivity index (χ0n) is 19.9. The number of allylic oxidation sites excluding steroid dienone is 1. The number of hydrogen-bond donors (Lipinski definition) is 1. The minimum Gasteiger partial charge on any atom is -0.506 e. The first kappa shape index (κ1) is 26.4. The van der Waals surface area contributed by atoms with E-state index in [0.717, 1.165) is 6.42 Å². The van der Waals surface area contributed by atoms with Gasteiger partial charge in [-0.2, -0.15) is 0 Å². The van der Waals surface area contributed by atoms with Crippen molar-refractivity contribution >= 4 is 29.4 Å². The van der Waals surface area contributed by atoms with Crippen molar-refractivity contribution in [2.75, 3.05) is 14.2 Å². The Morgan fingerprint density at radius 2 is 1.85 bits per heavy atom. The largest absolute Gasteiger partial charge is 0.506 e. The summed E-state index contributed by atoms with van der Waals surface area (Å²) >= 11 is 5.93. The lowest BCUT2D eigenvalue weighted by atomic mass is 9.97. The van der Waals surface area contributed by atoms with E-state index in [1.54, 1.807) is 24.3 Å². The van der Waals surface area contributed by atoms with Crippen molar-refractivity contribution in [3.63, 3.8) is 0 Å². The average molecular weight is 476 g/mol. The first-order chi connectivity index (χ1) is 15.6. The van der Waals surface area contributed by atoms with Crippen molar-refractivity contribution in [2.24, 2.45) is 10.9 Å². The van der Waals surface area contributed by atoms with Crippen molar-refractivity contribution in [3.05, 3.63) is 63.4 Å². The van der Waals surface area contributed by atoms with Crippen molar-refractivity contribution in [2.45, 2.75) is 46.6 Å². The number of halogens is 2. The summed E-state index contributed by atoms with van der Waals surface area (Å²) < 4.78 is 25.4. The van der Waals surface area contributed by atoms with Gasteiger partial charge in [0.05, 0.1) is 36.4 Å².